The molecule has 1 aromatic heterocycles. The number of halogens is 3. The van der Waals surface area contributed by atoms with E-state index in [1.807, 2.05) is 25.1 Å². The van der Waals surface area contributed by atoms with Gasteiger partial charge >= 0.3 is 0 Å². The normalized spacial score (nSPS) is 10.9. The molecule has 2 aromatic rings. The summed E-state index contributed by atoms with van der Waals surface area (Å²) in [4.78, 5) is 4.07. The number of hydrogen-bond acceptors (Lipinski definition) is 1. The maximum absolute atomic E-state index is 6.01. The quantitative estimate of drug-likeness (QED) is 0.511. The number of nitrogens with zero attached hydrogens (tertiary/aromatic N) is 1. The second kappa shape index (κ2) is 3.83. The Bertz CT molecular complexity index is 511. The van der Waals surface area contributed by atoms with E-state index >= 15 is 0 Å². The summed E-state index contributed by atoms with van der Waals surface area (Å²) in [6.45, 7) is 2.03. The van der Waals surface area contributed by atoms with Gasteiger partial charge in [-0.2, -0.15) is 0 Å². The Morgan fingerprint density at radius 1 is 1.14 bits per heavy atom. The fourth-order valence-electron chi connectivity index (χ4n) is 1.33. The molecule has 0 unspecified atom stereocenters. The summed E-state index contributed by atoms with van der Waals surface area (Å²) < 4.78 is 0.948. The van der Waals surface area contributed by atoms with E-state index in [0.717, 1.165) is 14.3 Å². The average Bonchev–Trinajstić information content (AvgIpc) is 2.14. The van der Waals surface area contributed by atoms with E-state index in [1.54, 1.807) is 0 Å². The first-order chi connectivity index (χ1) is 6.59. The van der Waals surface area contributed by atoms with Gasteiger partial charge in [0.1, 0.15) is 10.3 Å². The molecule has 72 valence electrons. The van der Waals surface area contributed by atoms with Crippen molar-refractivity contribution in [1.29, 1.82) is 0 Å². The highest BCUT2D eigenvalue weighted by Crippen LogP contribution is 2.31. The molecule has 0 saturated heterocycles. The molecule has 0 fully saturated rings. The molecule has 0 aliphatic rings. The Morgan fingerprint density at radius 2 is 1.86 bits per heavy atom. The molecule has 4 heteroatoms. The Balaban J connectivity index is 2.94. The summed E-state index contributed by atoms with van der Waals surface area (Å²) in [5.74, 6) is 0. The number of aromatic nitrogens is 1. The highest BCUT2D eigenvalue weighted by molar-refractivity contribution is 14.1. The number of aryl methyl sites for hydroxylation is 1. The van der Waals surface area contributed by atoms with E-state index in [4.69, 9.17) is 23.2 Å². The van der Waals surface area contributed by atoms with Gasteiger partial charge in [0, 0.05) is 10.8 Å². The number of fused-ring (bicyclic) bond motifs is 1. The highest BCUT2D eigenvalue weighted by atomic mass is 127. The van der Waals surface area contributed by atoms with E-state index in [0.29, 0.717) is 10.3 Å². The standard InChI is InChI=1S/C10H6Cl2IN/c1-5-2-3-6-7(4-5)9(11)14-10(12)8(6)13/h2-4H,1H3. The van der Waals surface area contributed by atoms with Crippen LogP contribution in [0.1, 0.15) is 5.56 Å². The van der Waals surface area contributed by atoms with Crippen molar-refractivity contribution in [2.24, 2.45) is 0 Å². The van der Waals surface area contributed by atoms with Crippen molar-refractivity contribution in [2.75, 3.05) is 0 Å². The Labute approximate surface area is 106 Å². The molecule has 1 aromatic carbocycles. The monoisotopic (exact) mass is 337 g/mol. The second-order valence-electron chi connectivity index (χ2n) is 3.06. The van der Waals surface area contributed by atoms with Crippen LogP contribution >= 0.6 is 45.8 Å². The van der Waals surface area contributed by atoms with E-state index in [-0.39, 0.29) is 0 Å². The van der Waals surface area contributed by atoms with Crippen molar-refractivity contribution in [3.05, 3.63) is 37.6 Å². The van der Waals surface area contributed by atoms with E-state index in [2.05, 4.69) is 27.6 Å². The molecule has 0 amide bonds. The van der Waals surface area contributed by atoms with Gasteiger partial charge in [0.25, 0.3) is 0 Å². The molecule has 1 nitrogen and oxygen atoms in total. The number of hydrogen-bond donors (Lipinski definition) is 0. The zero-order valence-electron chi connectivity index (χ0n) is 7.31. The molecule has 0 spiro atoms. The molecule has 0 N–H and O–H groups in total. The third kappa shape index (κ3) is 1.71. The molecule has 0 aliphatic heterocycles. The molecule has 2 rings (SSSR count). The van der Waals surface area contributed by atoms with Crippen LogP contribution in [0.3, 0.4) is 0 Å². The van der Waals surface area contributed by atoms with Crippen molar-refractivity contribution in [3.63, 3.8) is 0 Å². The molecule has 0 radical (unpaired) electrons. The van der Waals surface area contributed by atoms with E-state index < -0.39 is 0 Å². The van der Waals surface area contributed by atoms with Crippen molar-refractivity contribution in [2.45, 2.75) is 6.92 Å². The Kier molecular flexibility index (Phi) is 2.86. The van der Waals surface area contributed by atoms with Crippen LogP contribution in [-0.4, -0.2) is 4.98 Å². The SMILES string of the molecule is Cc1ccc2c(I)c(Cl)nc(Cl)c2c1. The van der Waals surface area contributed by atoms with Gasteiger partial charge in [0.2, 0.25) is 0 Å². The lowest BCUT2D eigenvalue weighted by Crippen LogP contribution is -1.87. The summed E-state index contributed by atoms with van der Waals surface area (Å²) in [5, 5.41) is 2.95. The zero-order chi connectivity index (χ0) is 10.3. The topological polar surface area (TPSA) is 12.9 Å². The molecule has 0 bridgehead atoms. The first kappa shape index (κ1) is 10.5. The molecule has 1 heterocycles. The predicted octanol–water partition coefficient (Wildman–Crippen LogP) is 4.45. The van der Waals surface area contributed by atoms with Crippen LogP contribution in [-0.2, 0) is 0 Å². The largest absolute Gasteiger partial charge is 0.223 e. The van der Waals surface area contributed by atoms with Gasteiger partial charge in [0.05, 0.1) is 3.57 Å². The van der Waals surface area contributed by atoms with Crippen molar-refractivity contribution < 1.29 is 0 Å². The van der Waals surface area contributed by atoms with Crippen LogP contribution in [0.5, 0.6) is 0 Å². The average molecular weight is 338 g/mol. The van der Waals surface area contributed by atoms with Gasteiger partial charge in [-0.05, 0) is 35.6 Å². The minimum absolute atomic E-state index is 0.465. The molecule has 0 atom stereocenters. The van der Waals surface area contributed by atoms with Gasteiger partial charge < -0.3 is 0 Å². The minimum atomic E-state index is 0.465. The van der Waals surface area contributed by atoms with Gasteiger partial charge in [-0.15, -0.1) is 0 Å². The number of benzene rings is 1. The summed E-state index contributed by atoms with van der Waals surface area (Å²) in [6, 6.07) is 6.08. The van der Waals surface area contributed by atoms with Crippen LogP contribution in [0.2, 0.25) is 10.3 Å². The third-order valence-electron chi connectivity index (χ3n) is 2.01. The summed E-state index contributed by atoms with van der Waals surface area (Å²) in [5.41, 5.74) is 1.17. The zero-order valence-corrected chi connectivity index (χ0v) is 11.0. The third-order valence-corrected chi connectivity index (χ3v) is 3.98. The highest BCUT2D eigenvalue weighted by Gasteiger charge is 2.08. The number of pyridine rings is 1. The van der Waals surface area contributed by atoms with Crippen LogP contribution in [0.25, 0.3) is 10.8 Å². The number of rotatable bonds is 0. The van der Waals surface area contributed by atoms with Crippen LogP contribution in [0, 0.1) is 10.5 Å². The summed E-state index contributed by atoms with van der Waals surface area (Å²) in [7, 11) is 0. The van der Waals surface area contributed by atoms with Crippen LogP contribution in [0.4, 0.5) is 0 Å². The van der Waals surface area contributed by atoms with Crippen molar-refractivity contribution in [3.8, 4) is 0 Å². The molecular formula is C10H6Cl2IN. The molecule has 14 heavy (non-hydrogen) atoms. The lowest BCUT2D eigenvalue weighted by Gasteiger charge is -2.05. The van der Waals surface area contributed by atoms with Crippen LogP contribution < -0.4 is 0 Å². The molecule has 0 saturated carbocycles. The summed E-state index contributed by atoms with van der Waals surface area (Å²) in [6.07, 6.45) is 0. The minimum Gasteiger partial charge on any atom is -0.223 e. The maximum Gasteiger partial charge on any atom is 0.144 e. The molecular weight excluding hydrogens is 332 g/mol. The van der Waals surface area contributed by atoms with Crippen LogP contribution in [0.15, 0.2) is 18.2 Å². The van der Waals surface area contributed by atoms with Gasteiger partial charge in [-0.25, -0.2) is 4.98 Å². The maximum atomic E-state index is 6.01. The van der Waals surface area contributed by atoms with Gasteiger partial charge in [-0.1, -0.05) is 40.9 Å². The predicted molar refractivity (Wildman–Crippen MR) is 69.2 cm³/mol. The van der Waals surface area contributed by atoms with Gasteiger partial charge in [0.15, 0.2) is 0 Å². The van der Waals surface area contributed by atoms with E-state index in [9.17, 15) is 0 Å². The smallest absolute Gasteiger partial charge is 0.144 e. The first-order valence-electron chi connectivity index (χ1n) is 4.00. The molecule has 0 aliphatic carbocycles. The van der Waals surface area contributed by atoms with Gasteiger partial charge in [-0.3, -0.25) is 0 Å². The first-order valence-corrected chi connectivity index (χ1v) is 5.84. The fraction of sp³-hybridized carbons (Fsp3) is 0.100. The Hall–Kier alpha value is -0.0600. The van der Waals surface area contributed by atoms with E-state index in [1.165, 1.54) is 5.56 Å². The second-order valence-corrected chi connectivity index (χ2v) is 4.85. The summed E-state index contributed by atoms with van der Waals surface area (Å²) >= 11 is 14.1. The fourth-order valence-corrected chi connectivity index (χ4v) is 2.39. The Morgan fingerprint density at radius 3 is 2.57 bits per heavy atom. The van der Waals surface area contributed by atoms with Crippen molar-refractivity contribution in [1.82, 2.24) is 4.98 Å². The lowest BCUT2D eigenvalue weighted by molar-refractivity contribution is 1.34. The van der Waals surface area contributed by atoms with Crippen molar-refractivity contribution >= 4 is 56.6 Å². The lowest BCUT2D eigenvalue weighted by atomic mass is 10.1.